The highest BCUT2D eigenvalue weighted by molar-refractivity contribution is 7.20. The molecule has 0 saturated carbocycles. The molecule has 0 spiro atoms. The number of aromatic amines is 1. The van der Waals surface area contributed by atoms with Crippen molar-refractivity contribution in [2.45, 2.75) is 27.2 Å². The number of rotatable bonds is 6. The summed E-state index contributed by atoms with van der Waals surface area (Å²) in [6.45, 7) is 6.69. The lowest BCUT2D eigenvalue weighted by molar-refractivity contribution is 0.0531. The summed E-state index contributed by atoms with van der Waals surface area (Å²) in [5.74, 6) is 1.15. The summed E-state index contributed by atoms with van der Waals surface area (Å²) in [7, 11) is 0. The zero-order valence-electron chi connectivity index (χ0n) is 16.1. The highest BCUT2D eigenvalue weighted by Gasteiger charge is 2.20. The van der Waals surface area contributed by atoms with Crippen molar-refractivity contribution >= 4 is 44.2 Å². The second-order valence-corrected chi connectivity index (χ2v) is 7.61. The number of hydrogen-bond acceptors (Lipinski definition) is 6. The van der Waals surface area contributed by atoms with E-state index >= 15 is 0 Å². The average Bonchev–Trinajstić information content (AvgIpc) is 3.23. The molecule has 0 fully saturated rings. The van der Waals surface area contributed by atoms with Crippen molar-refractivity contribution < 1.29 is 9.53 Å². The number of nitrogens with zero attached hydrogens (tertiary/aromatic N) is 2. The standard InChI is InChI=1S/C21H22N4O2S/c1-4-27-21(26)18-12(2)17-19(24-13(3)25-20(17)28-18)22-10-9-14-11-23-16-8-6-5-7-15(14)16/h5-8,11,23H,4,9-10H2,1-3H3,(H,22,24,25). The molecule has 4 aromatic rings. The predicted molar refractivity (Wildman–Crippen MR) is 113 cm³/mol. The maximum Gasteiger partial charge on any atom is 0.348 e. The van der Waals surface area contributed by atoms with E-state index in [2.05, 4.69) is 44.7 Å². The number of esters is 1. The normalized spacial score (nSPS) is 11.2. The number of aromatic nitrogens is 3. The maximum absolute atomic E-state index is 12.2. The van der Waals surface area contributed by atoms with Crippen molar-refractivity contribution in [3.05, 3.63) is 52.3 Å². The number of aryl methyl sites for hydroxylation is 2. The van der Waals surface area contributed by atoms with Gasteiger partial charge < -0.3 is 15.0 Å². The van der Waals surface area contributed by atoms with E-state index in [0.29, 0.717) is 17.3 Å². The molecule has 7 heteroatoms. The van der Waals surface area contributed by atoms with Crippen LogP contribution in [0, 0.1) is 13.8 Å². The number of carbonyl (C=O) groups excluding carboxylic acids is 1. The van der Waals surface area contributed by atoms with Crippen molar-refractivity contribution in [1.29, 1.82) is 0 Å². The number of para-hydroxylation sites is 1. The van der Waals surface area contributed by atoms with E-state index in [9.17, 15) is 4.79 Å². The number of benzene rings is 1. The van der Waals surface area contributed by atoms with E-state index in [-0.39, 0.29) is 5.97 Å². The SMILES string of the molecule is CCOC(=O)c1sc2nc(C)nc(NCCc3c[nH]c4ccccc34)c2c1C. The molecule has 0 saturated heterocycles. The molecule has 0 atom stereocenters. The van der Waals surface area contributed by atoms with Gasteiger partial charge in [0, 0.05) is 23.6 Å². The summed E-state index contributed by atoms with van der Waals surface area (Å²) in [6, 6.07) is 8.29. The van der Waals surface area contributed by atoms with Crippen LogP contribution in [0.2, 0.25) is 0 Å². The minimum absolute atomic E-state index is 0.301. The lowest BCUT2D eigenvalue weighted by atomic mass is 10.1. The summed E-state index contributed by atoms with van der Waals surface area (Å²) < 4.78 is 5.18. The summed E-state index contributed by atoms with van der Waals surface area (Å²) in [6.07, 6.45) is 2.92. The van der Waals surface area contributed by atoms with Gasteiger partial charge in [0.05, 0.1) is 12.0 Å². The highest BCUT2D eigenvalue weighted by Crippen LogP contribution is 2.34. The predicted octanol–water partition coefficient (Wildman–Crippen LogP) is 4.62. The number of carbonyl (C=O) groups is 1. The number of anilines is 1. The number of nitrogens with one attached hydrogen (secondary N) is 2. The average molecular weight is 395 g/mol. The largest absolute Gasteiger partial charge is 0.462 e. The van der Waals surface area contributed by atoms with Gasteiger partial charge in [0.1, 0.15) is 21.3 Å². The molecule has 28 heavy (non-hydrogen) atoms. The molecule has 3 heterocycles. The first-order valence-corrected chi connectivity index (χ1v) is 10.1. The van der Waals surface area contributed by atoms with Crippen LogP contribution < -0.4 is 5.32 Å². The summed E-state index contributed by atoms with van der Waals surface area (Å²) >= 11 is 1.36. The minimum Gasteiger partial charge on any atom is -0.462 e. The van der Waals surface area contributed by atoms with Crippen LogP contribution in [0.15, 0.2) is 30.5 Å². The molecule has 144 valence electrons. The Morgan fingerprint density at radius 3 is 2.89 bits per heavy atom. The van der Waals surface area contributed by atoms with Gasteiger partial charge in [-0.05, 0) is 44.4 Å². The quantitative estimate of drug-likeness (QED) is 0.467. The monoisotopic (exact) mass is 394 g/mol. The van der Waals surface area contributed by atoms with Crippen LogP contribution in [0.4, 0.5) is 5.82 Å². The van der Waals surface area contributed by atoms with Gasteiger partial charge >= 0.3 is 5.97 Å². The van der Waals surface area contributed by atoms with Gasteiger partial charge in [-0.1, -0.05) is 18.2 Å². The van der Waals surface area contributed by atoms with Crippen LogP contribution in [-0.4, -0.2) is 34.1 Å². The Morgan fingerprint density at radius 2 is 2.07 bits per heavy atom. The first-order valence-electron chi connectivity index (χ1n) is 9.32. The van der Waals surface area contributed by atoms with Crippen LogP contribution in [0.25, 0.3) is 21.1 Å². The number of fused-ring (bicyclic) bond motifs is 2. The third kappa shape index (κ3) is 3.33. The Bertz CT molecular complexity index is 1160. The van der Waals surface area contributed by atoms with Crippen molar-refractivity contribution in [1.82, 2.24) is 15.0 Å². The van der Waals surface area contributed by atoms with Crippen LogP contribution in [0.1, 0.15) is 33.5 Å². The molecule has 0 aliphatic carbocycles. The zero-order valence-corrected chi connectivity index (χ0v) is 16.9. The lowest BCUT2D eigenvalue weighted by Gasteiger charge is -2.08. The summed E-state index contributed by atoms with van der Waals surface area (Å²) in [4.78, 5) is 26.1. The van der Waals surface area contributed by atoms with Gasteiger partial charge in [-0.25, -0.2) is 14.8 Å². The maximum atomic E-state index is 12.2. The van der Waals surface area contributed by atoms with E-state index in [4.69, 9.17) is 4.74 Å². The Balaban J connectivity index is 1.60. The van der Waals surface area contributed by atoms with Crippen molar-refractivity contribution in [2.24, 2.45) is 0 Å². The van der Waals surface area contributed by atoms with Gasteiger partial charge in [-0.15, -0.1) is 11.3 Å². The van der Waals surface area contributed by atoms with Gasteiger partial charge in [0.2, 0.25) is 0 Å². The van der Waals surface area contributed by atoms with Gasteiger partial charge in [0.15, 0.2) is 0 Å². The number of ether oxygens (including phenoxy) is 1. The minimum atomic E-state index is -0.301. The van der Waals surface area contributed by atoms with E-state index in [1.54, 1.807) is 0 Å². The molecule has 0 amide bonds. The summed E-state index contributed by atoms with van der Waals surface area (Å²) in [5, 5.41) is 5.59. The smallest absolute Gasteiger partial charge is 0.348 e. The van der Waals surface area contributed by atoms with Crippen LogP contribution in [0.5, 0.6) is 0 Å². The number of H-pyrrole nitrogens is 1. The van der Waals surface area contributed by atoms with E-state index in [1.165, 1.54) is 22.3 Å². The fraction of sp³-hybridized carbons (Fsp3) is 0.286. The van der Waals surface area contributed by atoms with Crippen LogP contribution >= 0.6 is 11.3 Å². The van der Waals surface area contributed by atoms with Gasteiger partial charge in [-0.3, -0.25) is 0 Å². The molecular weight excluding hydrogens is 372 g/mol. The first kappa shape index (κ1) is 18.4. The Labute approximate surface area is 167 Å². The summed E-state index contributed by atoms with van der Waals surface area (Å²) in [5.41, 5.74) is 3.28. The fourth-order valence-electron chi connectivity index (χ4n) is 3.42. The third-order valence-electron chi connectivity index (χ3n) is 4.72. The number of thiophene rings is 1. The molecule has 3 aromatic heterocycles. The molecule has 0 aliphatic heterocycles. The van der Waals surface area contributed by atoms with Crippen molar-refractivity contribution in [2.75, 3.05) is 18.5 Å². The van der Waals surface area contributed by atoms with E-state index < -0.39 is 0 Å². The topological polar surface area (TPSA) is 79.9 Å². The van der Waals surface area contributed by atoms with Gasteiger partial charge in [-0.2, -0.15) is 0 Å². The molecule has 0 unspecified atom stereocenters. The van der Waals surface area contributed by atoms with E-state index in [1.807, 2.05) is 26.8 Å². The third-order valence-corrected chi connectivity index (χ3v) is 5.89. The van der Waals surface area contributed by atoms with Crippen molar-refractivity contribution in [3.8, 4) is 0 Å². The highest BCUT2D eigenvalue weighted by atomic mass is 32.1. The Hall–Kier alpha value is -2.93. The molecule has 4 rings (SSSR count). The first-order chi connectivity index (χ1) is 13.6. The number of hydrogen-bond donors (Lipinski definition) is 2. The van der Waals surface area contributed by atoms with Crippen LogP contribution in [-0.2, 0) is 11.2 Å². The molecule has 1 aromatic carbocycles. The van der Waals surface area contributed by atoms with E-state index in [0.717, 1.165) is 40.1 Å². The Morgan fingerprint density at radius 1 is 1.25 bits per heavy atom. The lowest BCUT2D eigenvalue weighted by Crippen LogP contribution is -2.08. The molecule has 6 nitrogen and oxygen atoms in total. The second kappa shape index (κ2) is 7.59. The zero-order chi connectivity index (χ0) is 19.7. The molecule has 0 radical (unpaired) electrons. The molecular formula is C21H22N4O2S. The molecule has 0 bridgehead atoms. The second-order valence-electron chi connectivity index (χ2n) is 6.61. The molecule has 0 aliphatic rings. The fourth-order valence-corrected chi connectivity index (χ4v) is 4.54. The van der Waals surface area contributed by atoms with Crippen LogP contribution in [0.3, 0.4) is 0 Å². The molecule has 2 N–H and O–H groups in total. The Kier molecular flexibility index (Phi) is 5.00. The van der Waals surface area contributed by atoms with Gasteiger partial charge in [0.25, 0.3) is 0 Å². The van der Waals surface area contributed by atoms with Crippen molar-refractivity contribution in [3.63, 3.8) is 0 Å².